The molecule has 0 unspecified atom stereocenters. The Kier molecular flexibility index (Phi) is 3.04. The van der Waals surface area contributed by atoms with E-state index in [-0.39, 0.29) is 0 Å². The number of rotatable bonds is 1. The molecule has 34 valence electrons. The zero-order chi connectivity index (χ0) is 4.99. The van der Waals surface area contributed by atoms with Crippen LogP contribution in [0.15, 0.2) is 10.6 Å². The van der Waals surface area contributed by atoms with Gasteiger partial charge in [0, 0.05) is 10.7 Å². The molecule has 0 rings (SSSR count). The Labute approximate surface area is 45.7 Å². The van der Waals surface area contributed by atoms with Crippen LogP contribution in [0.2, 0.25) is 0 Å². The molecule has 0 bridgehead atoms. The summed E-state index contributed by atoms with van der Waals surface area (Å²) in [4.78, 5) is 0. The molecule has 0 amide bonds. The van der Waals surface area contributed by atoms with E-state index in [0.29, 0.717) is 0 Å². The normalized spacial score (nSPS) is 11.3. The fourth-order valence-corrected chi connectivity index (χ4v) is 0.0833. The van der Waals surface area contributed by atoms with Crippen LogP contribution in [0.5, 0.6) is 0 Å². The average Bonchev–Trinajstić information content (AvgIpc) is 1.65. The van der Waals surface area contributed by atoms with Crippen LogP contribution in [0, 0.1) is 5.41 Å². The Morgan fingerprint density at radius 1 is 1.83 bits per heavy atom. The van der Waals surface area contributed by atoms with Gasteiger partial charge in [0.05, 0.1) is 0 Å². The van der Waals surface area contributed by atoms with Crippen molar-refractivity contribution < 1.29 is 0 Å². The summed E-state index contributed by atoms with van der Waals surface area (Å²) in [7, 11) is 0. The molecule has 0 aliphatic carbocycles. The lowest BCUT2D eigenvalue weighted by Crippen LogP contribution is -1.62. The standard InChI is InChI=1S/C4H6BrN/c1-2-4(5)3-6/h2-3,6H,1H3. The number of hydrogen-bond acceptors (Lipinski definition) is 1. The molecular formula is C4H6BrN. The minimum Gasteiger partial charge on any atom is -0.308 e. The molecule has 0 saturated heterocycles. The summed E-state index contributed by atoms with van der Waals surface area (Å²) < 4.78 is 0.822. The third kappa shape index (κ3) is 2.15. The highest BCUT2D eigenvalue weighted by Crippen LogP contribution is 1.96. The van der Waals surface area contributed by atoms with E-state index >= 15 is 0 Å². The first-order chi connectivity index (χ1) is 2.81. The summed E-state index contributed by atoms with van der Waals surface area (Å²) in [6.45, 7) is 1.87. The summed E-state index contributed by atoms with van der Waals surface area (Å²) in [5.74, 6) is 0. The van der Waals surface area contributed by atoms with Gasteiger partial charge in [-0.05, 0) is 22.9 Å². The molecule has 0 aliphatic heterocycles. The minimum atomic E-state index is 0.822. The largest absolute Gasteiger partial charge is 0.308 e. The van der Waals surface area contributed by atoms with Crippen molar-refractivity contribution in [3.8, 4) is 0 Å². The molecule has 1 nitrogen and oxygen atoms in total. The van der Waals surface area contributed by atoms with Crippen LogP contribution >= 0.6 is 15.9 Å². The van der Waals surface area contributed by atoms with E-state index < -0.39 is 0 Å². The van der Waals surface area contributed by atoms with Crippen molar-refractivity contribution in [1.29, 1.82) is 5.41 Å². The van der Waals surface area contributed by atoms with Gasteiger partial charge in [-0.25, -0.2) is 0 Å². The molecule has 2 heteroatoms. The van der Waals surface area contributed by atoms with Crippen LogP contribution in [-0.4, -0.2) is 6.21 Å². The highest BCUT2D eigenvalue weighted by atomic mass is 79.9. The molecule has 0 aromatic carbocycles. The maximum atomic E-state index is 6.57. The Hall–Kier alpha value is -0.110. The van der Waals surface area contributed by atoms with E-state index in [1.807, 2.05) is 13.0 Å². The highest BCUT2D eigenvalue weighted by molar-refractivity contribution is 9.12. The predicted octanol–water partition coefficient (Wildman–Crippen LogP) is 1.93. The molecule has 0 aromatic rings. The monoisotopic (exact) mass is 147 g/mol. The maximum absolute atomic E-state index is 6.57. The summed E-state index contributed by atoms with van der Waals surface area (Å²) >= 11 is 3.09. The first-order valence-corrected chi connectivity index (χ1v) is 2.43. The van der Waals surface area contributed by atoms with E-state index in [2.05, 4.69) is 15.9 Å². The molecule has 0 atom stereocenters. The Bertz CT molecular complexity index is 75.6. The lowest BCUT2D eigenvalue weighted by molar-refractivity contribution is 1.57. The van der Waals surface area contributed by atoms with Crippen LogP contribution in [0.1, 0.15) is 6.92 Å². The second-order valence-corrected chi connectivity index (χ2v) is 1.73. The van der Waals surface area contributed by atoms with Gasteiger partial charge >= 0.3 is 0 Å². The maximum Gasteiger partial charge on any atom is 0.0316 e. The molecule has 0 fully saturated rings. The Morgan fingerprint density at radius 2 is 2.33 bits per heavy atom. The molecule has 0 saturated carbocycles. The van der Waals surface area contributed by atoms with Gasteiger partial charge in [0.25, 0.3) is 0 Å². The topological polar surface area (TPSA) is 23.9 Å². The van der Waals surface area contributed by atoms with Gasteiger partial charge in [-0.2, -0.15) is 0 Å². The van der Waals surface area contributed by atoms with Crippen LogP contribution in [0.4, 0.5) is 0 Å². The average molecular weight is 148 g/mol. The molecular weight excluding hydrogens is 142 g/mol. The number of halogens is 1. The smallest absolute Gasteiger partial charge is 0.0316 e. The molecule has 0 aliphatic rings. The van der Waals surface area contributed by atoms with Crippen molar-refractivity contribution in [2.24, 2.45) is 0 Å². The Morgan fingerprint density at radius 3 is 2.33 bits per heavy atom. The van der Waals surface area contributed by atoms with Gasteiger partial charge in [0.15, 0.2) is 0 Å². The number of nitrogens with one attached hydrogen (secondary N) is 1. The zero-order valence-electron chi connectivity index (χ0n) is 3.53. The van der Waals surface area contributed by atoms with Crippen LogP contribution in [0.3, 0.4) is 0 Å². The van der Waals surface area contributed by atoms with Crippen molar-refractivity contribution in [3.63, 3.8) is 0 Å². The molecule has 1 N–H and O–H groups in total. The van der Waals surface area contributed by atoms with Crippen molar-refractivity contribution in [2.75, 3.05) is 0 Å². The van der Waals surface area contributed by atoms with Crippen molar-refractivity contribution in [2.45, 2.75) is 6.92 Å². The number of allylic oxidation sites excluding steroid dienone is 2. The fraction of sp³-hybridized carbons (Fsp3) is 0.250. The summed E-state index contributed by atoms with van der Waals surface area (Å²) in [5, 5.41) is 6.57. The molecule has 0 radical (unpaired) electrons. The van der Waals surface area contributed by atoms with Crippen molar-refractivity contribution >= 4 is 22.1 Å². The second-order valence-electron chi connectivity index (χ2n) is 0.818. The van der Waals surface area contributed by atoms with Gasteiger partial charge in [-0.1, -0.05) is 6.08 Å². The van der Waals surface area contributed by atoms with Gasteiger partial charge in [-0.15, -0.1) is 0 Å². The van der Waals surface area contributed by atoms with E-state index in [0.717, 1.165) is 4.48 Å². The van der Waals surface area contributed by atoms with Gasteiger partial charge in [0.1, 0.15) is 0 Å². The third-order valence-corrected chi connectivity index (χ3v) is 1.10. The fourth-order valence-electron chi connectivity index (χ4n) is 0.0833. The molecule has 0 spiro atoms. The Balaban J connectivity index is 3.50. The third-order valence-electron chi connectivity index (χ3n) is 0.414. The first kappa shape index (κ1) is 5.89. The predicted molar refractivity (Wildman–Crippen MR) is 31.5 cm³/mol. The van der Waals surface area contributed by atoms with Crippen LogP contribution < -0.4 is 0 Å². The SMILES string of the molecule is CC=C(Br)C=N. The van der Waals surface area contributed by atoms with Gasteiger partial charge in [0.2, 0.25) is 0 Å². The van der Waals surface area contributed by atoms with Crippen molar-refractivity contribution in [3.05, 3.63) is 10.6 Å². The summed E-state index contributed by atoms with van der Waals surface area (Å²) in [5.41, 5.74) is 0. The van der Waals surface area contributed by atoms with E-state index in [9.17, 15) is 0 Å². The summed E-state index contributed by atoms with van der Waals surface area (Å²) in [6.07, 6.45) is 3.06. The summed E-state index contributed by atoms with van der Waals surface area (Å²) in [6, 6.07) is 0. The zero-order valence-corrected chi connectivity index (χ0v) is 5.12. The molecule has 0 heterocycles. The minimum absolute atomic E-state index is 0.822. The van der Waals surface area contributed by atoms with E-state index in [1.165, 1.54) is 6.21 Å². The second kappa shape index (κ2) is 3.09. The van der Waals surface area contributed by atoms with E-state index in [4.69, 9.17) is 5.41 Å². The first-order valence-electron chi connectivity index (χ1n) is 1.63. The van der Waals surface area contributed by atoms with Gasteiger partial charge in [-0.3, -0.25) is 0 Å². The van der Waals surface area contributed by atoms with Crippen molar-refractivity contribution in [1.82, 2.24) is 0 Å². The lowest BCUT2D eigenvalue weighted by atomic mass is 10.6. The molecule has 0 aromatic heterocycles. The number of hydrogen-bond donors (Lipinski definition) is 1. The van der Waals surface area contributed by atoms with Gasteiger partial charge < -0.3 is 5.41 Å². The van der Waals surface area contributed by atoms with E-state index in [1.54, 1.807) is 0 Å². The van der Waals surface area contributed by atoms with Crippen LogP contribution in [0.25, 0.3) is 0 Å². The van der Waals surface area contributed by atoms with Crippen LogP contribution in [-0.2, 0) is 0 Å². The highest BCUT2D eigenvalue weighted by Gasteiger charge is 1.71. The molecule has 6 heavy (non-hydrogen) atoms. The lowest BCUT2D eigenvalue weighted by Gasteiger charge is -1.73. The quantitative estimate of drug-likeness (QED) is 0.549.